The Kier molecular flexibility index (Phi) is 2.66. The Morgan fingerprint density at radius 3 is 1.60 bits per heavy atom. The lowest BCUT2D eigenvalue weighted by molar-refractivity contribution is -0.0932. The second-order valence-corrected chi connectivity index (χ2v) is 2.89. The maximum atomic E-state index is 11.7. The molecule has 10 heavy (non-hydrogen) atoms. The van der Waals surface area contributed by atoms with Crippen molar-refractivity contribution in [3.63, 3.8) is 0 Å². The van der Waals surface area contributed by atoms with Crippen LogP contribution in [0, 0.1) is 0 Å². The third-order valence-corrected chi connectivity index (χ3v) is 1.69. The number of alkyl halides is 5. The van der Waals surface area contributed by atoms with Crippen LogP contribution in [0.1, 0.15) is 0 Å². The summed E-state index contributed by atoms with van der Waals surface area (Å²) in [5, 5.41) is -5.73. The van der Waals surface area contributed by atoms with Gasteiger partial charge < -0.3 is 0 Å². The maximum Gasteiger partial charge on any atom is 0.410 e. The summed E-state index contributed by atoms with van der Waals surface area (Å²) in [6.07, 6.45) is 0. The molecule has 0 rings (SSSR count). The molecule has 0 aromatic heterocycles. The largest absolute Gasteiger partial charge is 0.410 e. The highest BCUT2D eigenvalue weighted by Gasteiger charge is 2.59. The molecule has 0 spiro atoms. The third kappa shape index (κ3) is 1.80. The predicted octanol–water partition coefficient (Wildman–Crippen LogP) is 1.03. The molecule has 1 unspecified atom stereocenters. The summed E-state index contributed by atoms with van der Waals surface area (Å²) in [5.74, 6) is 0. The zero-order chi connectivity index (χ0) is 8.58. The van der Waals surface area contributed by atoms with Crippen molar-refractivity contribution in [3.05, 3.63) is 0 Å². The smallest absolute Gasteiger partial charge is 0.246 e. The molecular weight excluding hydrogens is 198 g/mol. The van der Waals surface area contributed by atoms with Crippen LogP contribution in [-0.2, 0) is 11.0 Å². The Hall–Kier alpha value is 0.120. The van der Waals surface area contributed by atoms with E-state index in [-0.39, 0.29) is 0 Å². The average molecular weight is 200 g/mol. The fourth-order valence-corrected chi connectivity index (χ4v) is 0.570. The highest BCUT2D eigenvalue weighted by molar-refractivity contribution is 7.83. The molecule has 0 amide bonds. The molecule has 0 aliphatic rings. The molecule has 0 aliphatic heterocycles. The Balaban J connectivity index is 4.57. The van der Waals surface area contributed by atoms with E-state index in [1.807, 2.05) is 0 Å². The zero-order valence-electron chi connectivity index (χ0n) is 4.28. The molecule has 0 aromatic carbocycles. The van der Waals surface area contributed by atoms with Crippen molar-refractivity contribution < 1.29 is 21.8 Å². The molecule has 0 bridgehead atoms. The van der Waals surface area contributed by atoms with E-state index >= 15 is 0 Å². The summed E-state index contributed by atoms with van der Waals surface area (Å²) < 4.78 is 56.2. The van der Waals surface area contributed by atoms with E-state index in [1.165, 1.54) is 0 Å². The summed E-state index contributed by atoms with van der Waals surface area (Å²) in [5.41, 5.74) is 0. The van der Waals surface area contributed by atoms with Crippen molar-refractivity contribution in [1.29, 1.82) is 0 Å². The normalized spacial score (nSPS) is 17.0. The second-order valence-electron chi connectivity index (χ2n) is 1.31. The van der Waals surface area contributed by atoms with Gasteiger partial charge in [-0.1, -0.05) is 0 Å². The van der Waals surface area contributed by atoms with Gasteiger partial charge in [-0.05, 0) is 11.6 Å². The SMILES string of the molecule is NS(=O)C(F)(F)C(F)(F)Cl. The quantitative estimate of drug-likeness (QED) is 0.524. The van der Waals surface area contributed by atoms with E-state index in [9.17, 15) is 21.8 Å². The summed E-state index contributed by atoms with van der Waals surface area (Å²) in [4.78, 5) is 0. The first-order valence-electron chi connectivity index (χ1n) is 1.80. The van der Waals surface area contributed by atoms with Crippen LogP contribution in [0.4, 0.5) is 17.6 Å². The van der Waals surface area contributed by atoms with Crippen LogP contribution < -0.4 is 5.14 Å². The van der Waals surface area contributed by atoms with Crippen molar-refractivity contribution in [2.45, 2.75) is 10.6 Å². The zero-order valence-corrected chi connectivity index (χ0v) is 5.86. The standard InChI is InChI=1S/C2H2ClF4NOS/c3-1(4,5)2(6,7)10(8)9/h8H2. The van der Waals surface area contributed by atoms with Gasteiger partial charge in [0.1, 0.15) is 0 Å². The Morgan fingerprint density at radius 1 is 1.30 bits per heavy atom. The molecule has 62 valence electrons. The predicted molar refractivity (Wildman–Crippen MR) is 28.1 cm³/mol. The monoisotopic (exact) mass is 199 g/mol. The highest BCUT2D eigenvalue weighted by atomic mass is 35.5. The van der Waals surface area contributed by atoms with Gasteiger partial charge in [0, 0.05) is 0 Å². The Morgan fingerprint density at radius 2 is 1.60 bits per heavy atom. The summed E-state index contributed by atoms with van der Waals surface area (Å²) >= 11 is 3.86. The van der Waals surface area contributed by atoms with Gasteiger partial charge in [-0.2, -0.15) is 17.6 Å². The average Bonchev–Trinajstić information content (AvgIpc) is 1.62. The van der Waals surface area contributed by atoms with Crippen LogP contribution in [0.25, 0.3) is 0 Å². The topological polar surface area (TPSA) is 43.1 Å². The molecule has 0 radical (unpaired) electrons. The highest BCUT2D eigenvalue weighted by Crippen LogP contribution is 2.38. The van der Waals surface area contributed by atoms with Crippen LogP contribution in [0.3, 0.4) is 0 Å². The lowest BCUT2D eigenvalue weighted by Gasteiger charge is -2.16. The minimum absolute atomic E-state index is 3.46. The van der Waals surface area contributed by atoms with E-state index in [1.54, 1.807) is 0 Å². The number of nitrogens with two attached hydrogens (primary N) is 1. The molecule has 0 heterocycles. The number of hydrogen-bond acceptors (Lipinski definition) is 1. The van der Waals surface area contributed by atoms with Gasteiger partial charge in [0.25, 0.3) is 0 Å². The van der Waals surface area contributed by atoms with E-state index in [2.05, 4.69) is 16.7 Å². The van der Waals surface area contributed by atoms with Gasteiger partial charge in [0.15, 0.2) is 11.0 Å². The Bertz CT molecular complexity index is 156. The minimum atomic E-state index is -4.88. The number of hydrogen-bond donors (Lipinski definition) is 1. The molecular formula is C2H2ClF4NOS. The molecule has 0 saturated heterocycles. The second kappa shape index (κ2) is 2.63. The van der Waals surface area contributed by atoms with Gasteiger partial charge >= 0.3 is 10.6 Å². The van der Waals surface area contributed by atoms with E-state index in [0.29, 0.717) is 0 Å². The van der Waals surface area contributed by atoms with Crippen molar-refractivity contribution >= 4 is 22.6 Å². The maximum absolute atomic E-state index is 11.7. The summed E-state index contributed by atoms with van der Waals surface area (Å²) in [6.45, 7) is 0. The van der Waals surface area contributed by atoms with E-state index in [4.69, 9.17) is 0 Å². The lowest BCUT2D eigenvalue weighted by atomic mass is 10.7. The van der Waals surface area contributed by atoms with Crippen molar-refractivity contribution in [2.75, 3.05) is 0 Å². The molecule has 0 fully saturated rings. The van der Waals surface area contributed by atoms with Gasteiger partial charge in [0.05, 0.1) is 0 Å². The molecule has 1 atom stereocenters. The van der Waals surface area contributed by atoms with Crippen molar-refractivity contribution in [3.8, 4) is 0 Å². The van der Waals surface area contributed by atoms with Crippen LogP contribution in [0.15, 0.2) is 0 Å². The molecule has 0 aliphatic carbocycles. The third-order valence-electron chi connectivity index (χ3n) is 0.583. The van der Waals surface area contributed by atoms with Crippen molar-refractivity contribution in [1.82, 2.24) is 0 Å². The number of halogens is 5. The van der Waals surface area contributed by atoms with Crippen LogP contribution >= 0.6 is 11.6 Å². The molecule has 0 saturated carbocycles. The lowest BCUT2D eigenvalue weighted by Crippen LogP contribution is -2.42. The number of rotatable bonds is 2. The summed E-state index contributed by atoms with van der Waals surface area (Å²) in [6, 6.07) is 0. The van der Waals surface area contributed by atoms with E-state index < -0.39 is 21.6 Å². The van der Waals surface area contributed by atoms with Gasteiger partial charge in [-0.25, -0.2) is 9.35 Å². The van der Waals surface area contributed by atoms with Crippen LogP contribution in [0.2, 0.25) is 0 Å². The van der Waals surface area contributed by atoms with Crippen molar-refractivity contribution in [2.24, 2.45) is 5.14 Å². The van der Waals surface area contributed by atoms with Crippen LogP contribution in [0.5, 0.6) is 0 Å². The summed E-state index contributed by atoms with van der Waals surface area (Å²) in [7, 11) is -3.46. The van der Waals surface area contributed by atoms with Gasteiger partial charge in [0.2, 0.25) is 0 Å². The first-order chi connectivity index (χ1) is 4.19. The molecule has 0 aromatic rings. The molecule has 2 nitrogen and oxygen atoms in total. The van der Waals surface area contributed by atoms with E-state index in [0.717, 1.165) is 0 Å². The Labute approximate surface area is 60.9 Å². The van der Waals surface area contributed by atoms with Gasteiger partial charge in [-0.15, -0.1) is 0 Å². The molecule has 2 N–H and O–H groups in total. The first kappa shape index (κ1) is 10.1. The molecule has 8 heteroatoms. The van der Waals surface area contributed by atoms with Gasteiger partial charge in [-0.3, -0.25) is 0 Å². The van der Waals surface area contributed by atoms with Crippen LogP contribution in [-0.4, -0.2) is 14.8 Å². The first-order valence-corrected chi connectivity index (χ1v) is 3.39. The fourth-order valence-electron chi connectivity index (χ4n) is 0.114. The minimum Gasteiger partial charge on any atom is -0.246 e. The fraction of sp³-hybridized carbons (Fsp3) is 1.00.